The van der Waals surface area contributed by atoms with Gasteiger partial charge in [0.2, 0.25) is 47.3 Å². The van der Waals surface area contributed by atoms with Crippen molar-refractivity contribution in [2.24, 2.45) is 11.8 Å². The molecular formula is C39H60N8O11. The molecule has 0 spiro atoms. The van der Waals surface area contributed by atoms with E-state index in [-0.39, 0.29) is 37.6 Å². The lowest BCUT2D eigenvalue weighted by Gasteiger charge is -2.29. The summed E-state index contributed by atoms with van der Waals surface area (Å²) in [6, 6.07) is 2.03. The van der Waals surface area contributed by atoms with Crippen LogP contribution in [0.25, 0.3) is 0 Å². The molecule has 1 aliphatic heterocycles. The fraction of sp³-hybridized carbons (Fsp3) is 0.615. The second-order valence-electron chi connectivity index (χ2n) is 15.0. The minimum absolute atomic E-state index is 0.0715. The van der Waals surface area contributed by atoms with Gasteiger partial charge in [0.25, 0.3) is 0 Å². The van der Waals surface area contributed by atoms with Gasteiger partial charge in [-0.15, -0.1) is 0 Å². The van der Waals surface area contributed by atoms with Crippen molar-refractivity contribution in [3.63, 3.8) is 0 Å². The maximum atomic E-state index is 13.5. The molecule has 58 heavy (non-hydrogen) atoms. The van der Waals surface area contributed by atoms with Gasteiger partial charge >= 0.3 is 5.97 Å². The van der Waals surface area contributed by atoms with E-state index in [2.05, 4.69) is 31.9 Å². The van der Waals surface area contributed by atoms with E-state index in [1.807, 2.05) is 13.8 Å². The van der Waals surface area contributed by atoms with Gasteiger partial charge in [0, 0.05) is 26.9 Å². The van der Waals surface area contributed by atoms with Crippen LogP contribution in [-0.4, -0.2) is 143 Å². The van der Waals surface area contributed by atoms with E-state index in [9.17, 15) is 53.4 Å². The van der Waals surface area contributed by atoms with E-state index in [1.165, 1.54) is 25.8 Å². The van der Waals surface area contributed by atoms with Gasteiger partial charge in [-0.3, -0.25) is 38.4 Å². The van der Waals surface area contributed by atoms with Crippen LogP contribution in [0.5, 0.6) is 0 Å². The summed E-state index contributed by atoms with van der Waals surface area (Å²) in [5.41, 5.74) is 0.773. The molecule has 19 heteroatoms. The van der Waals surface area contributed by atoms with Crippen molar-refractivity contribution in [3.05, 3.63) is 35.9 Å². The van der Waals surface area contributed by atoms with Gasteiger partial charge in [-0.25, -0.2) is 4.79 Å². The SMILES string of the molecule is CC[C@@H](C)[C@H](NC(=O)CN(C)C(=O)[C@H](CC(C)C)NC(=O)[C@H](C)NC(=O)[C@H]1CCCN1C(=O)[C@H](CO)NC(=O)CNC(=O)[C@H](Cc1ccccc1)NC(C)=O)C(=O)O. The van der Waals surface area contributed by atoms with E-state index in [0.717, 1.165) is 10.5 Å². The Labute approximate surface area is 338 Å². The number of carbonyl (C=O) groups excluding carboxylic acids is 8. The number of nitrogens with one attached hydrogen (secondary N) is 6. The highest BCUT2D eigenvalue weighted by atomic mass is 16.4. The molecule has 0 unspecified atom stereocenters. The Hall–Kier alpha value is -5.59. The largest absolute Gasteiger partial charge is 0.480 e. The Morgan fingerprint density at radius 1 is 0.845 bits per heavy atom. The number of nitrogens with zero attached hydrogens (tertiary/aromatic N) is 2. The molecule has 8 N–H and O–H groups in total. The van der Waals surface area contributed by atoms with Gasteiger partial charge in [-0.05, 0) is 43.6 Å². The van der Waals surface area contributed by atoms with E-state index in [4.69, 9.17) is 0 Å². The summed E-state index contributed by atoms with van der Waals surface area (Å²) in [5, 5.41) is 34.5. The predicted octanol–water partition coefficient (Wildman–Crippen LogP) is -1.57. The summed E-state index contributed by atoms with van der Waals surface area (Å²) >= 11 is 0. The summed E-state index contributed by atoms with van der Waals surface area (Å²) in [7, 11) is 1.35. The van der Waals surface area contributed by atoms with Crippen molar-refractivity contribution < 1.29 is 53.4 Å². The van der Waals surface area contributed by atoms with Crippen LogP contribution in [-0.2, 0) is 49.6 Å². The number of benzene rings is 1. The number of likely N-dealkylation sites (N-methyl/N-ethyl adjacent to an activating group) is 1. The quantitative estimate of drug-likeness (QED) is 0.0662. The lowest BCUT2D eigenvalue weighted by Crippen LogP contribution is -2.58. The van der Waals surface area contributed by atoms with E-state index < -0.39 is 109 Å². The van der Waals surface area contributed by atoms with E-state index >= 15 is 0 Å². The standard InChI is InChI=1S/C39H60N8O11/c1-8-23(4)33(39(57)58)45-32(51)20-46(7)37(55)28(17-22(2)3)44-34(52)24(5)41-36(54)30-15-12-16-47(30)38(56)29(21-48)43-31(50)19-40-35(53)27(42-25(6)49)18-26-13-10-9-11-14-26/h9-11,13-14,22-24,27-30,33,48H,8,12,15-21H2,1-7H3,(H,40,53)(H,41,54)(H,42,49)(H,43,50)(H,44,52)(H,45,51)(H,57,58)/t23-,24+,27+,28+,29+,30-,33+/m1/s1. The molecule has 0 aliphatic carbocycles. The highest BCUT2D eigenvalue weighted by Crippen LogP contribution is 2.19. The number of carboxylic acids is 1. The van der Waals surface area contributed by atoms with Crippen LogP contribution < -0.4 is 31.9 Å². The fourth-order valence-electron chi connectivity index (χ4n) is 6.36. The molecule has 19 nitrogen and oxygen atoms in total. The summed E-state index contributed by atoms with van der Waals surface area (Å²) in [6.07, 6.45) is 1.49. The van der Waals surface area contributed by atoms with Crippen LogP contribution in [0.3, 0.4) is 0 Å². The van der Waals surface area contributed by atoms with Crippen molar-refractivity contribution >= 4 is 53.2 Å². The minimum Gasteiger partial charge on any atom is -0.480 e. The van der Waals surface area contributed by atoms with Crippen molar-refractivity contribution in [2.45, 2.75) is 110 Å². The van der Waals surface area contributed by atoms with Crippen molar-refractivity contribution in [1.29, 1.82) is 0 Å². The lowest BCUT2D eigenvalue weighted by molar-refractivity contribution is -0.144. The summed E-state index contributed by atoms with van der Waals surface area (Å²) in [6.45, 7) is 8.05. The van der Waals surface area contributed by atoms with Crippen LogP contribution in [0, 0.1) is 11.8 Å². The Balaban J connectivity index is 2.01. The Morgan fingerprint density at radius 2 is 1.50 bits per heavy atom. The van der Waals surface area contributed by atoms with E-state index in [1.54, 1.807) is 44.2 Å². The van der Waals surface area contributed by atoms with Crippen LogP contribution in [0.15, 0.2) is 30.3 Å². The van der Waals surface area contributed by atoms with Crippen LogP contribution >= 0.6 is 0 Å². The van der Waals surface area contributed by atoms with Crippen LogP contribution in [0.4, 0.5) is 0 Å². The minimum atomic E-state index is -1.46. The summed E-state index contributed by atoms with van der Waals surface area (Å²) in [4.78, 5) is 118. The molecule has 1 aliphatic rings. The third-order valence-electron chi connectivity index (χ3n) is 9.68. The first-order valence-electron chi connectivity index (χ1n) is 19.5. The predicted molar refractivity (Wildman–Crippen MR) is 210 cm³/mol. The topological polar surface area (TPSA) is 273 Å². The van der Waals surface area contributed by atoms with Gasteiger partial charge < -0.3 is 51.9 Å². The first kappa shape index (κ1) is 48.6. The molecule has 0 saturated carbocycles. The number of hydrogen-bond acceptors (Lipinski definition) is 10. The molecule has 7 atom stereocenters. The molecular weight excluding hydrogens is 756 g/mol. The zero-order valence-electron chi connectivity index (χ0n) is 34.3. The molecule has 1 saturated heterocycles. The Morgan fingerprint density at radius 3 is 2.07 bits per heavy atom. The number of aliphatic carboxylic acids is 1. The monoisotopic (exact) mass is 816 g/mol. The number of carbonyl (C=O) groups is 9. The number of hydrogen-bond donors (Lipinski definition) is 8. The second kappa shape index (κ2) is 23.6. The number of likely N-dealkylation sites (tertiary alicyclic amines) is 1. The summed E-state index contributed by atoms with van der Waals surface area (Å²) in [5.74, 6) is -6.96. The lowest BCUT2D eigenvalue weighted by atomic mass is 9.99. The Bertz CT molecular complexity index is 1630. The first-order valence-corrected chi connectivity index (χ1v) is 19.5. The number of carboxylic acid groups (broad SMARTS) is 1. The zero-order valence-corrected chi connectivity index (χ0v) is 34.3. The van der Waals surface area contributed by atoms with Gasteiger partial charge in [-0.2, -0.15) is 0 Å². The van der Waals surface area contributed by atoms with Gasteiger partial charge in [0.15, 0.2) is 0 Å². The van der Waals surface area contributed by atoms with Crippen molar-refractivity contribution in [3.8, 4) is 0 Å². The number of rotatable bonds is 22. The summed E-state index contributed by atoms with van der Waals surface area (Å²) < 4.78 is 0. The maximum Gasteiger partial charge on any atom is 0.326 e. The van der Waals surface area contributed by atoms with Crippen LogP contribution in [0.2, 0.25) is 0 Å². The molecule has 1 heterocycles. The average Bonchev–Trinajstić information content (AvgIpc) is 3.67. The van der Waals surface area contributed by atoms with E-state index in [0.29, 0.717) is 12.8 Å². The molecule has 322 valence electrons. The highest BCUT2D eigenvalue weighted by molar-refractivity contribution is 5.97. The Kier molecular flexibility index (Phi) is 19.8. The third-order valence-corrected chi connectivity index (χ3v) is 9.68. The molecule has 8 amide bonds. The van der Waals surface area contributed by atoms with Crippen LogP contribution in [0.1, 0.15) is 72.8 Å². The van der Waals surface area contributed by atoms with Crippen molar-refractivity contribution in [2.75, 3.05) is 33.3 Å². The van der Waals surface area contributed by atoms with Crippen molar-refractivity contribution in [1.82, 2.24) is 41.7 Å². The maximum absolute atomic E-state index is 13.5. The first-order chi connectivity index (χ1) is 27.3. The molecule has 1 aromatic rings. The molecule has 0 aromatic heterocycles. The number of aliphatic hydroxyl groups is 1. The molecule has 1 aromatic carbocycles. The van der Waals surface area contributed by atoms with Gasteiger partial charge in [-0.1, -0.05) is 64.4 Å². The van der Waals surface area contributed by atoms with Gasteiger partial charge in [0.1, 0.15) is 36.3 Å². The zero-order chi connectivity index (χ0) is 43.7. The van der Waals surface area contributed by atoms with Gasteiger partial charge in [0.05, 0.1) is 19.7 Å². The molecule has 0 bridgehead atoms. The second-order valence-corrected chi connectivity index (χ2v) is 15.0. The number of aliphatic hydroxyl groups excluding tert-OH is 1. The molecule has 2 rings (SSSR count). The average molecular weight is 817 g/mol. The molecule has 0 radical (unpaired) electrons. The normalized spacial score (nSPS) is 16.7. The molecule has 1 fully saturated rings. The highest BCUT2D eigenvalue weighted by Gasteiger charge is 2.39. The fourth-order valence-corrected chi connectivity index (χ4v) is 6.36. The third kappa shape index (κ3) is 15.4. The number of amides is 8. The smallest absolute Gasteiger partial charge is 0.326 e.